The molecule has 2 heteroatoms. The predicted octanol–water partition coefficient (Wildman–Crippen LogP) is 2.08. The van der Waals surface area contributed by atoms with Crippen molar-refractivity contribution < 1.29 is 5.11 Å². The Morgan fingerprint density at radius 2 is 1.88 bits per heavy atom. The fourth-order valence-corrected chi connectivity index (χ4v) is 3.26. The van der Waals surface area contributed by atoms with Gasteiger partial charge < -0.3 is 5.11 Å². The van der Waals surface area contributed by atoms with E-state index in [-0.39, 0.29) is 6.61 Å². The fraction of sp³-hybridized carbons (Fsp3) is 0.600. The van der Waals surface area contributed by atoms with Crippen LogP contribution >= 0.6 is 0 Å². The van der Waals surface area contributed by atoms with Crippen LogP contribution in [0, 0.1) is 5.41 Å². The summed E-state index contributed by atoms with van der Waals surface area (Å²) >= 11 is 0. The molecule has 1 aromatic carbocycles. The first-order valence-corrected chi connectivity index (χ1v) is 6.70. The molecule has 92 valence electrons. The zero-order valence-electron chi connectivity index (χ0n) is 10.3. The van der Waals surface area contributed by atoms with Gasteiger partial charge in [0, 0.05) is 19.1 Å². The lowest BCUT2D eigenvalue weighted by Gasteiger charge is -2.58. The molecule has 1 saturated heterocycles. The summed E-state index contributed by atoms with van der Waals surface area (Å²) in [6.45, 7) is 2.71. The molecule has 0 unspecified atom stereocenters. The highest BCUT2D eigenvalue weighted by atomic mass is 16.3. The molecule has 1 aromatic rings. The molecule has 3 rings (SSSR count). The standard InChI is InChI=1S/C15H21NO/c17-10-14(9-13-5-2-1-3-6-13)16-11-15(12-16)7-4-8-15/h1-3,5-6,14,17H,4,7-12H2/t14-/m0/s1. The SMILES string of the molecule is OC[C@H](Cc1ccccc1)N1CC2(CCC2)C1. The Balaban J connectivity index is 1.57. The molecular formula is C15H21NO. The maximum Gasteiger partial charge on any atom is 0.0590 e. The molecule has 17 heavy (non-hydrogen) atoms. The van der Waals surface area contributed by atoms with E-state index in [1.807, 2.05) is 6.07 Å². The molecule has 2 fully saturated rings. The van der Waals surface area contributed by atoms with Crippen molar-refractivity contribution in [3.63, 3.8) is 0 Å². The Bertz CT molecular complexity index is 364. The topological polar surface area (TPSA) is 23.5 Å². The number of likely N-dealkylation sites (tertiary alicyclic amines) is 1. The van der Waals surface area contributed by atoms with E-state index in [1.165, 1.54) is 37.9 Å². The Morgan fingerprint density at radius 1 is 1.18 bits per heavy atom. The number of hydrogen-bond acceptors (Lipinski definition) is 2. The molecule has 1 atom stereocenters. The molecular weight excluding hydrogens is 210 g/mol. The molecule has 2 nitrogen and oxygen atoms in total. The zero-order valence-corrected chi connectivity index (χ0v) is 10.3. The third-order valence-corrected chi connectivity index (χ3v) is 4.53. The Morgan fingerprint density at radius 3 is 2.41 bits per heavy atom. The summed E-state index contributed by atoms with van der Waals surface area (Å²) in [4.78, 5) is 2.46. The summed E-state index contributed by atoms with van der Waals surface area (Å²) in [6.07, 6.45) is 5.21. The van der Waals surface area contributed by atoms with Gasteiger partial charge in [-0.25, -0.2) is 0 Å². The minimum atomic E-state index is 0.283. The summed E-state index contributed by atoms with van der Waals surface area (Å²) < 4.78 is 0. The minimum absolute atomic E-state index is 0.283. The van der Waals surface area contributed by atoms with E-state index in [0.29, 0.717) is 11.5 Å². The van der Waals surface area contributed by atoms with Crippen LogP contribution in [0.15, 0.2) is 30.3 Å². The highest BCUT2D eigenvalue weighted by molar-refractivity contribution is 5.16. The van der Waals surface area contributed by atoms with Gasteiger partial charge in [0.15, 0.2) is 0 Å². The van der Waals surface area contributed by atoms with E-state index >= 15 is 0 Å². The quantitative estimate of drug-likeness (QED) is 0.857. The van der Waals surface area contributed by atoms with E-state index in [2.05, 4.69) is 29.2 Å². The van der Waals surface area contributed by atoms with Gasteiger partial charge in [-0.1, -0.05) is 36.8 Å². The van der Waals surface area contributed by atoms with Gasteiger partial charge in [0.25, 0.3) is 0 Å². The smallest absolute Gasteiger partial charge is 0.0590 e. The molecule has 1 heterocycles. The maximum absolute atomic E-state index is 9.54. The molecule has 1 aliphatic carbocycles. The van der Waals surface area contributed by atoms with E-state index in [0.717, 1.165) is 6.42 Å². The van der Waals surface area contributed by atoms with Crippen molar-refractivity contribution in [3.8, 4) is 0 Å². The fourth-order valence-electron chi connectivity index (χ4n) is 3.26. The van der Waals surface area contributed by atoms with Crippen LogP contribution in [-0.4, -0.2) is 35.7 Å². The van der Waals surface area contributed by atoms with E-state index in [1.54, 1.807) is 0 Å². The lowest BCUT2D eigenvalue weighted by atomic mass is 9.63. The van der Waals surface area contributed by atoms with Crippen molar-refractivity contribution in [1.82, 2.24) is 4.90 Å². The normalized spacial score (nSPS) is 24.1. The summed E-state index contributed by atoms with van der Waals surface area (Å²) in [7, 11) is 0. The molecule has 1 spiro atoms. The first-order valence-electron chi connectivity index (χ1n) is 6.70. The highest BCUT2D eigenvalue weighted by Gasteiger charge is 2.48. The van der Waals surface area contributed by atoms with Crippen molar-refractivity contribution in [2.45, 2.75) is 31.7 Å². The molecule has 0 radical (unpaired) electrons. The van der Waals surface area contributed by atoms with Gasteiger partial charge in [-0.15, -0.1) is 0 Å². The van der Waals surface area contributed by atoms with E-state index in [9.17, 15) is 5.11 Å². The van der Waals surface area contributed by atoms with Crippen LogP contribution in [0.1, 0.15) is 24.8 Å². The average Bonchev–Trinajstić information content (AvgIpc) is 2.25. The number of nitrogens with zero attached hydrogens (tertiary/aromatic N) is 1. The lowest BCUT2D eigenvalue weighted by molar-refractivity contribution is -0.0917. The second-order valence-corrected chi connectivity index (χ2v) is 5.78. The Labute approximate surface area is 103 Å². The van der Waals surface area contributed by atoms with Crippen LogP contribution in [0.25, 0.3) is 0 Å². The van der Waals surface area contributed by atoms with E-state index < -0.39 is 0 Å². The Kier molecular flexibility index (Phi) is 2.93. The third-order valence-electron chi connectivity index (χ3n) is 4.53. The molecule has 0 amide bonds. The predicted molar refractivity (Wildman–Crippen MR) is 68.9 cm³/mol. The monoisotopic (exact) mass is 231 g/mol. The Hall–Kier alpha value is -0.860. The van der Waals surface area contributed by atoms with Gasteiger partial charge >= 0.3 is 0 Å². The first-order chi connectivity index (χ1) is 8.31. The second kappa shape index (κ2) is 4.43. The number of rotatable bonds is 4. The number of aliphatic hydroxyl groups excluding tert-OH is 1. The van der Waals surface area contributed by atoms with Gasteiger partial charge in [0.1, 0.15) is 0 Å². The maximum atomic E-state index is 9.54. The largest absolute Gasteiger partial charge is 0.395 e. The molecule has 1 saturated carbocycles. The lowest BCUT2D eigenvalue weighted by Crippen LogP contribution is -2.63. The van der Waals surface area contributed by atoms with E-state index in [4.69, 9.17) is 0 Å². The number of benzene rings is 1. The van der Waals surface area contributed by atoms with Gasteiger partial charge in [-0.2, -0.15) is 0 Å². The van der Waals surface area contributed by atoms with Gasteiger partial charge in [-0.05, 0) is 30.2 Å². The molecule has 0 aromatic heterocycles. The van der Waals surface area contributed by atoms with Gasteiger partial charge in [0.2, 0.25) is 0 Å². The third kappa shape index (κ3) is 2.12. The molecule has 1 N–H and O–H groups in total. The summed E-state index contributed by atoms with van der Waals surface area (Å²) in [6, 6.07) is 10.8. The van der Waals surface area contributed by atoms with Crippen LogP contribution in [-0.2, 0) is 6.42 Å². The van der Waals surface area contributed by atoms with Crippen LogP contribution in [0.3, 0.4) is 0 Å². The average molecular weight is 231 g/mol. The second-order valence-electron chi connectivity index (χ2n) is 5.78. The molecule has 0 bridgehead atoms. The van der Waals surface area contributed by atoms with Crippen molar-refractivity contribution in [3.05, 3.63) is 35.9 Å². The molecule has 2 aliphatic rings. The van der Waals surface area contributed by atoms with Gasteiger partial charge in [0.05, 0.1) is 6.61 Å². The van der Waals surface area contributed by atoms with Crippen LogP contribution in [0.5, 0.6) is 0 Å². The summed E-state index contributed by atoms with van der Waals surface area (Å²) in [5, 5.41) is 9.54. The number of aliphatic hydroxyl groups is 1. The minimum Gasteiger partial charge on any atom is -0.395 e. The molecule has 1 aliphatic heterocycles. The van der Waals surface area contributed by atoms with Crippen LogP contribution in [0.2, 0.25) is 0 Å². The van der Waals surface area contributed by atoms with Crippen molar-refractivity contribution in [2.75, 3.05) is 19.7 Å². The van der Waals surface area contributed by atoms with Crippen LogP contribution in [0.4, 0.5) is 0 Å². The first kappa shape index (κ1) is 11.2. The summed E-state index contributed by atoms with van der Waals surface area (Å²) in [5.41, 5.74) is 1.99. The van der Waals surface area contributed by atoms with Crippen molar-refractivity contribution in [1.29, 1.82) is 0 Å². The highest BCUT2D eigenvalue weighted by Crippen LogP contribution is 2.48. The van der Waals surface area contributed by atoms with Crippen molar-refractivity contribution in [2.24, 2.45) is 5.41 Å². The number of hydrogen-bond donors (Lipinski definition) is 1. The summed E-state index contributed by atoms with van der Waals surface area (Å²) in [5.74, 6) is 0. The van der Waals surface area contributed by atoms with Gasteiger partial charge in [-0.3, -0.25) is 4.90 Å². The zero-order chi connectivity index (χ0) is 11.7. The van der Waals surface area contributed by atoms with Crippen LogP contribution < -0.4 is 0 Å². The van der Waals surface area contributed by atoms with Crippen molar-refractivity contribution >= 4 is 0 Å².